The van der Waals surface area contributed by atoms with Gasteiger partial charge in [-0.25, -0.2) is 9.45 Å². The molecular formula is C24H15BrF11NO3. The lowest BCUT2D eigenvalue weighted by atomic mass is 10.0. The van der Waals surface area contributed by atoms with Crippen molar-refractivity contribution in [3.05, 3.63) is 82.6 Å². The number of aliphatic hydroxyl groups excluding tert-OH is 1. The van der Waals surface area contributed by atoms with E-state index in [1.54, 1.807) is 0 Å². The van der Waals surface area contributed by atoms with Gasteiger partial charge in [0.05, 0.1) is 12.2 Å². The molecule has 0 saturated carbocycles. The minimum absolute atomic E-state index is 0.0733. The minimum atomic E-state index is -6.63. The van der Waals surface area contributed by atoms with Gasteiger partial charge in [-0.1, -0.05) is 34.1 Å². The third-order valence-corrected chi connectivity index (χ3v) is 5.60. The molecule has 0 radical (unpaired) electrons. The van der Waals surface area contributed by atoms with Crippen LogP contribution in [0.2, 0.25) is 0 Å². The van der Waals surface area contributed by atoms with Crippen molar-refractivity contribution >= 4 is 21.6 Å². The molecule has 3 aromatic rings. The van der Waals surface area contributed by atoms with E-state index in [9.17, 15) is 53.4 Å². The summed E-state index contributed by atoms with van der Waals surface area (Å²) in [6.07, 6.45) is -14.9. The molecule has 1 N–H and O–H groups in total. The number of hydrogen-bond acceptors (Lipinski definition) is 4. The second kappa shape index (κ2) is 11.3. The van der Waals surface area contributed by atoms with E-state index in [1.165, 1.54) is 24.3 Å². The van der Waals surface area contributed by atoms with Gasteiger partial charge in [-0.2, -0.15) is 43.9 Å². The minimum Gasteiger partial charge on any atom is -0.454 e. The van der Waals surface area contributed by atoms with Crippen LogP contribution in [0, 0.1) is 5.82 Å². The molecule has 0 bridgehead atoms. The number of alkyl halides is 10. The monoisotopic (exact) mass is 653 g/mol. The summed E-state index contributed by atoms with van der Waals surface area (Å²) >= 11 is 3.10. The van der Waals surface area contributed by atoms with Gasteiger partial charge in [0.25, 0.3) is 0 Å². The lowest BCUT2D eigenvalue weighted by Gasteiger charge is -2.30. The molecular weight excluding hydrogens is 639 g/mol. The van der Waals surface area contributed by atoms with Crippen LogP contribution in [0.3, 0.4) is 0 Å². The average Bonchev–Trinajstić information content (AvgIpc) is 2.85. The third-order valence-electron chi connectivity index (χ3n) is 5.11. The number of nitrogens with zero attached hydrogens (tertiary/aromatic N) is 1. The Kier molecular flexibility index (Phi) is 8.84. The maximum Gasteiger partial charge on any atom is 0.460 e. The smallest absolute Gasteiger partial charge is 0.454 e. The molecule has 0 aromatic heterocycles. The van der Waals surface area contributed by atoms with Crippen LogP contribution in [0.25, 0.3) is 0 Å². The molecule has 218 valence electrons. The van der Waals surface area contributed by atoms with Gasteiger partial charge < -0.3 is 14.7 Å². The van der Waals surface area contributed by atoms with E-state index in [2.05, 4.69) is 15.9 Å². The van der Waals surface area contributed by atoms with Gasteiger partial charge >= 0.3 is 24.2 Å². The average molecular weight is 654 g/mol. The van der Waals surface area contributed by atoms with Crippen LogP contribution in [0.4, 0.5) is 54.0 Å². The molecule has 4 nitrogen and oxygen atoms in total. The Morgan fingerprint density at radius 2 is 1.43 bits per heavy atom. The van der Waals surface area contributed by atoms with Crippen molar-refractivity contribution in [3.63, 3.8) is 0 Å². The van der Waals surface area contributed by atoms with Crippen LogP contribution in [-0.2, 0) is 5.92 Å². The molecule has 0 heterocycles. The first-order valence-corrected chi connectivity index (χ1v) is 11.5. The largest absolute Gasteiger partial charge is 0.460 e. The van der Waals surface area contributed by atoms with Crippen LogP contribution in [-0.4, -0.2) is 36.0 Å². The summed E-state index contributed by atoms with van der Waals surface area (Å²) in [5, 5.41) is 9.88. The number of hydroxylamine groups is 1. The zero-order valence-electron chi connectivity index (χ0n) is 19.4. The third kappa shape index (κ3) is 6.89. The van der Waals surface area contributed by atoms with Crippen molar-refractivity contribution in [1.82, 2.24) is 0 Å². The standard InChI is InChI=1S/C24H15BrF11NO3/c25-14-7-8-18(26)19(10-14)39-16-5-2-4-15(11-16)37(12-20(38)22(29,30)31)40-17-6-1-3-13(9-17)21(27,28)23(32,33)24(34,35)36/h1-11,20,38H,12H2. The van der Waals surface area contributed by atoms with E-state index >= 15 is 0 Å². The van der Waals surface area contributed by atoms with Crippen LogP contribution in [0.1, 0.15) is 5.56 Å². The first kappa shape index (κ1) is 31.3. The maximum atomic E-state index is 14.2. The molecule has 0 amide bonds. The van der Waals surface area contributed by atoms with E-state index in [4.69, 9.17) is 9.57 Å². The fourth-order valence-corrected chi connectivity index (χ4v) is 3.42. The molecule has 0 fully saturated rings. The Labute approximate surface area is 226 Å². The second-order valence-corrected chi connectivity index (χ2v) is 8.97. The first-order valence-electron chi connectivity index (χ1n) is 10.7. The Bertz CT molecular complexity index is 1330. The summed E-state index contributed by atoms with van der Waals surface area (Å²) in [6.45, 7) is -1.42. The Balaban J connectivity index is 1.98. The first-order chi connectivity index (χ1) is 18.3. The van der Waals surface area contributed by atoms with Gasteiger partial charge in [-0.3, -0.25) is 0 Å². The van der Waals surface area contributed by atoms with Crippen molar-refractivity contribution in [2.75, 3.05) is 11.6 Å². The highest BCUT2D eigenvalue weighted by Gasteiger charge is 2.73. The van der Waals surface area contributed by atoms with Gasteiger partial charge in [0.1, 0.15) is 5.75 Å². The Hall–Kier alpha value is -3.27. The number of rotatable bonds is 9. The van der Waals surface area contributed by atoms with Crippen molar-refractivity contribution in [3.8, 4) is 17.2 Å². The van der Waals surface area contributed by atoms with Crippen molar-refractivity contribution < 1.29 is 63.0 Å². The normalized spacial score (nSPS) is 13.6. The summed E-state index contributed by atoms with van der Waals surface area (Å²) in [4.78, 5) is 5.13. The van der Waals surface area contributed by atoms with E-state index < -0.39 is 54.0 Å². The number of ether oxygens (including phenoxy) is 1. The number of halogens is 12. The maximum absolute atomic E-state index is 14.2. The van der Waals surface area contributed by atoms with Crippen LogP contribution in [0.15, 0.2) is 71.2 Å². The van der Waals surface area contributed by atoms with Gasteiger partial charge in [0.15, 0.2) is 23.4 Å². The summed E-state index contributed by atoms with van der Waals surface area (Å²) in [5.74, 6) is -14.5. The second-order valence-electron chi connectivity index (χ2n) is 8.06. The number of hydrogen-bond donors (Lipinski definition) is 1. The predicted octanol–water partition coefficient (Wildman–Crippen LogP) is 8.39. The molecule has 0 aliphatic heterocycles. The SMILES string of the molecule is OC(CN(Oc1cccc(C(F)(F)C(F)(F)C(F)(F)F)c1)c1cccc(Oc2cc(Br)ccc2F)c1)C(F)(F)F. The zero-order chi connectivity index (χ0) is 30.1. The number of anilines is 1. The van der Waals surface area contributed by atoms with Gasteiger partial charge in [0, 0.05) is 16.1 Å². The summed E-state index contributed by atoms with van der Waals surface area (Å²) in [5.41, 5.74) is -2.19. The zero-order valence-corrected chi connectivity index (χ0v) is 21.0. The van der Waals surface area contributed by atoms with Crippen LogP contribution >= 0.6 is 15.9 Å². The van der Waals surface area contributed by atoms with E-state index in [0.29, 0.717) is 15.6 Å². The molecule has 3 rings (SSSR count). The lowest BCUT2D eigenvalue weighted by molar-refractivity contribution is -0.359. The summed E-state index contributed by atoms with van der Waals surface area (Å²) in [6, 6.07) is 9.89. The molecule has 1 unspecified atom stereocenters. The predicted molar refractivity (Wildman–Crippen MR) is 122 cm³/mol. The highest BCUT2D eigenvalue weighted by molar-refractivity contribution is 9.10. The quantitative estimate of drug-likeness (QED) is 0.186. The topological polar surface area (TPSA) is 41.9 Å². The van der Waals surface area contributed by atoms with Crippen molar-refractivity contribution in [2.24, 2.45) is 0 Å². The molecule has 3 aromatic carbocycles. The molecule has 16 heteroatoms. The molecule has 0 aliphatic rings. The highest BCUT2D eigenvalue weighted by Crippen LogP contribution is 2.52. The fraction of sp³-hybridized carbons (Fsp3) is 0.250. The molecule has 0 aliphatic carbocycles. The fourth-order valence-electron chi connectivity index (χ4n) is 3.08. The van der Waals surface area contributed by atoms with Crippen LogP contribution < -0.4 is 14.6 Å². The summed E-state index contributed by atoms with van der Waals surface area (Å²) < 4.78 is 152. The molecule has 40 heavy (non-hydrogen) atoms. The van der Waals surface area contributed by atoms with Gasteiger partial charge in [0.2, 0.25) is 0 Å². The summed E-state index contributed by atoms with van der Waals surface area (Å²) in [7, 11) is 0. The molecule has 0 spiro atoms. The number of benzene rings is 3. The lowest BCUT2D eigenvalue weighted by Crippen LogP contribution is -2.50. The Morgan fingerprint density at radius 3 is 2.05 bits per heavy atom. The van der Waals surface area contributed by atoms with Crippen LogP contribution in [0.5, 0.6) is 17.2 Å². The van der Waals surface area contributed by atoms with E-state index in [0.717, 1.165) is 24.3 Å². The Morgan fingerprint density at radius 1 is 0.800 bits per heavy atom. The number of aliphatic hydroxyl groups is 1. The van der Waals surface area contributed by atoms with Gasteiger partial charge in [-0.15, -0.1) is 0 Å². The van der Waals surface area contributed by atoms with Crippen molar-refractivity contribution in [1.29, 1.82) is 0 Å². The molecule has 1 atom stereocenters. The van der Waals surface area contributed by atoms with E-state index in [-0.39, 0.29) is 29.3 Å². The van der Waals surface area contributed by atoms with Gasteiger partial charge in [-0.05, 0) is 42.5 Å². The van der Waals surface area contributed by atoms with Crippen molar-refractivity contribution in [2.45, 2.75) is 30.3 Å². The van der Waals surface area contributed by atoms with E-state index in [1.807, 2.05) is 0 Å². The highest BCUT2D eigenvalue weighted by atomic mass is 79.9. The molecule has 0 saturated heterocycles.